The molecule has 0 saturated carbocycles. The largest absolute Gasteiger partial charge is 0.497 e. The predicted molar refractivity (Wildman–Crippen MR) is 115 cm³/mol. The highest BCUT2D eigenvalue weighted by Gasteiger charge is 2.33. The number of rotatable bonds is 4. The van der Waals surface area contributed by atoms with Gasteiger partial charge in [0, 0.05) is 0 Å². The minimum atomic E-state index is -0.651. The fourth-order valence-corrected chi connectivity index (χ4v) is 4.57. The van der Waals surface area contributed by atoms with Crippen LogP contribution in [0.1, 0.15) is 24.1 Å². The van der Waals surface area contributed by atoms with Gasteiger partial charge in [0.1, 0.15) is 5.75 Å². The van der Waals surface area contributed by atoms with Crippen molar-refractivity contribution < 1.29 is 14.3 Å². The molecule has 0 aliphatic carbocycles. The van der Waals surface area contributed by atoms with Crippen LogP contribution in [0.2, 0.25) is 0 Å². The van der Waals surface area contributed by atoms with Gasteiger partial charge in [0.15, 0.2) is 4.80 Å². The third-order valence-electron chi connectivity index (χ3n) is 4.93. The Hall–Kier alpha value is -3.45. The van der Waals surface area contributed by atoms with E-state index in [0.29, 0.717) is 26.4 Å². The average Bonchev–Trinajstić information content (AvgIpc) is 3.07. The van der Waals surface area contributed by atoms with E-state index in [0.717, 1.165) is 11.1 Å². The van der Waals surface area contributed by atoms with E-state index in [1.807, 2.05) is 60.7 Å². The second-order valence-corrected chi connectivity index (χ2v) is 7.77. The van der Waals surface area contributed by atoms with Crippen LogP contribution in [0.5, 0.6) is 5.75 Å². The zero-order valence-electron chi connectivity index (χ0n) is 16.8. The Morgan fingerprint density at radius 1 is 1.13 bits per heavy atom. The highest BCUT2D eigenvalue weighted by atomic mass is 32.1. The third kappa shape index (κ3) is 3.48. The fourth-order valence-electron chi connectivity index (χ4n) is 3.52. The Morgan fingerprint density at radius 3 is 2.60 bits per heavy atom. The topological polar surface area (TPSA) is 69.9 Å². The molecule has 1 aliphatic heterocycles. The lowest BCUT2D eigenvalue weighted by Crippen LogP contribution is -2.39. The SMILES string of the molecule is COC(=O)C1=C(C)N=c2sc(=Cc3ccccc3)c(=O)n2[C@@H]1c1cccc(OC)c1. The molecule has 0 fully saturated rings. The molecular formula is C23H20N2O4S. The maximum absolute atomic E-state index is 13.4. The van der Waals surface area contributed by atoms with Gasteiger partial charge in [0.2, 0.25) is 0 Å². The minimum absolute atomic E-state index is 0.204. The van der Waals surface area contributed by atoms with E-state index in [-0.39, 0.29) is 5.56 Å². The number of benzene rings is 2. The number of carbonyl (C=O) groups is 1. The molecule has 152 valence electrons. The lowest BCUT2D eigenvalue weighted by molar-refractivity contribution is -0.136. The molecule has 0 amide bonds. The normalized spacial score (nSPS) is 16.1. The molecule has 6 nitrogen and oxygen atoms in total. The second-order valence-electron chi connectivity index (χ2n) is 6.76. The van der Waals surface area contributed by atoms with Gasteiger partial charge in [-0.2, -0.15) is 0 Å². The first-order valence-electron chi connectivity index (χ1n) is 9.33. The van der Waals surface area contributed by atoms with Gasteiger partial charge in [-0.15, -0.1) is 0 Å². The molecule has 7 heteroatoms. The van der Waals surface area contributed by atoms with Crippen LogP contribution in [0.4, 0.5) is 0 Å². The molecule has 4 rings (SSSR count). The highest BCUT2D eigenvalue weighted by Crippen LogP contribution is 2.32. The lowest BCUT2D eigenvalue weighted by atomic mass is 9.96. The number of nitrogens with zero attached hydrogens (tertiary/aromatic N) is 2. The zero-order chi connectivity index (χ0) is 21.3. The number of aromatic nitrogens is 1. The van der Waals surface area contributed by atoms with Gasteiger partial charge >= 0.3 is 5.97 Å². The van der Waals surface area contributed by atoms with Gasteiger partial charge < -0.3 is 9.47 Å². The van der Waals surface area contributed by atoms with Crippen molar-refractivity contribution in [1.29, 1.82) is 0 Å². The summed E-state index contributed by atoms with van der Waals surface area (Å²) in [7, 11) is 2.90. The van der Waals surface area contributed by atoms with E-state index in [1.54, 1.807) is 18.6 Å². The van der Waals surface area contributed by atoms with Gasteiger partial charge in [-0.1, -0.05) is 53.8 Å². The maximum atomic E-state index is 13.4. The number of methoxy groups -OCH3 is 2. The zero-order valence-corrected chi connectivity index (χ0v) is 17.6. The van der Waals surface area contributed by atoms with Gasteiger partial charge in [0.25, 0.3) is 5.56 Å². The quantitative estimate of drug-likeness (QED) is 0.608. The van der Waals surface area contributed by atoms with Crippen molar-refractivity contribution in [2.75, 3.05) is 14.2 Å². The fraction of sp³-hybridized carbons (Fsp3) is 0.174. The van der Waals surface area contributed by atoms with Crippen LogP contribution in [-0.2, 0) is 9.53 Å². The van der Waals surface area contributed by atoms with E-state index in [9.17, 15) is 9.59 Å². The van der Waals surface area contributed by atoms with Gasteiger partial charge in [-0.3, -0.25) is 9.36 Å². The van der Waals surface area contributed by atoms with E-state index in [4.69, 9.17) is 9.47 Å². The molecule has 1 aliphatic rings. The number of carbonyl (C=O) groups excluding carboxylic acids is 1. The first-order chi connectivity index (χ1) is 14.5. The smallest absolute Gasteiger partial charge is 0.338 e. The first-order valence-corrected chi connectivity index (χ1v) is 10.1. The van der Waals surface area contributed by atoms with Crippen LogP contribution in [0.3, 0.4) is 0 Å². The molecule has 2 aromatic carbocycles. The van der Waals surface area contributed by atoms with Gasteiger partial charge in [-0.25, -0.2) is 9.79 Å². The van der Waals surface area contributed by atoms with Crippen molar-refractivity contribution in [3.63, 3.8) is 0 Å². The molecule has 0 saturated heterocycles. The summed E-state index contributed by atoms with van der Waals surface area (Å²) in [6.45, 7) is 1.76. The van der Waals surface area contributed by atoms with E-state index in [1.165, 1.54) is 18.4 Å². The lowest BCUT2D eigenvalue weighted by Gasteiger charge is -2.24. The standard InChI is InChI=1S/C23H20N2O4S/c1-14-19(22(27)29-3)20(16-10-7-11-17(13-16)28-2)25-21(26)18(30-23(25)24-14)12-15-8-5-4-6-9-15/h4-13,20H,1-3H3/t20-/m1/s1. The van der Waals surface area contributed by atoms with E-state index in [2.05, 4.69) is 4.99 Å². The average molecular weight is 420 g/mol. The Balaban J connectivity index is 1.99. The summed E-state index contributed by atoms with van der Waals surface area (Å²) in [5.74, 6) is 0.124. The number of esters is 1. The first kappa shape index (κ1) is 19.8. The summed E-state index contributed by atoms with van der Waals surface area (Å²) in [6.07, 6.45) is 1.84. The summed E-state index contributed by atoms with van der Waals surface area (Å²) in [5, 5.41) is 0. The van der Waals surface area contributed by atoms with Crippen LogP contribution < -0.4 is 19.6 Å². The maximum Gasteiger partial charge on any atom is 0.338 e. The highest BCUT2D eigenvalue weighted by molar-refractivity contribution is 7.07. The van der Waals surface area contributed by atoms with Crippen molar-refractivity contribution in [3.05, 3.63) is 96.7 Å². The Labute approximate surface area is 177 Å². The van der Waals surface area contributed by atoms with Crippen LogP contribution in [0, 0.1) is 0 Å². The predicted octanol–water partition coefficient (Wildman–Crippen LogP) is 2.42. The molecule has 0 bridgehead atoms. The van der Waals surface area contributed by atoms with Gasteiger partial charge in [-0.05, 0) is 36.3 Å². The van der Waals surface area contributed by atoms with E-state index < -0.39 is 12.0 Å². The summed E-state index contributed by atoms with van der Waals surface area (Å²) in [6, 6.07) is 16.3. The number of hydrogen-bond acceptors (Lipinski definition) is 6. The molecule has 0 N–H and O–H groups in total. The van der Waals surface area contributed by atoms with Crippen molar-refractivity contribution in [2.45, 2.75) is 13.0 Å². The summed E-state index contributed by atoms with van der Waals surface area (Å²) in [4.78, 5) is 31.1. The number of hydrogen-bond donors (Lipinski definition) is 0. The summed E-state index contributed by atoms with van der Waals surface area (Å²) in [5.41, 5.74) is 2.33. The molecule has 0 unspecified atom stereocenters. The monoisotopic (exact) mass is 420 g/mol. The molecule has 3 aromatic rings. The molecule has 30 heavy (non-hydrogen) atoms. The molecule has 1 atom stereocenters. The van der Waals surface area contributed by atoms with Crippen molar-refractivity contribution in [1.82, 2.24) is 4.57 Å². The second kappa shape index (κ2) is 8.12. The van der Waals surface area contributed by atoms with Crippen LogP contribution in [-0.4, -0.2) is 24.8 Å². The van der Waals surface area contributed by atoms with Crippen LogP contribution in [0.15, 0.2) is 75.7 Å². The number of fused-ring (bicyclic) bond motifs is 1. The van der Waals surface area contributed by atoms with Crippen LogP contribution in [0.25, 0.3) is 6.08 Å². The summed E-state index contributed by atoms with van der Waals surface area (Å²) >= 11 is 1.30. The molecular weight excluding hydrogens is 400 g/mol. The van der Waals surface area contributed by atoms with Gasteiger partial charge in [0.05, 0.1) is 36.1 Å². The Kier molecular flexibility index (Phi) is 5.37. The van der Waals surface area contributed by atoms with Crippen molar-refractivity contribution >= 4 is 23.4 Å². The number of ether oxygens (including phenoxy) is 2. The van der Waals surface area contributed by atoms with Crippen molar-refractivity contribution in [3.8, 4) is 5.75 Å². The minimum Gasteiger partial charge on any atom is -0.497 e. The summed E-state index contributed by atoms with van der Waals surface area (Å²) < 4.78 is 12.5. The Morgan fingerprint density at radius 2 is 1.90 bits per heavy atom. The number of thiazole rings is 1. The number of allylic oxidation sites excluding steroid dienone is 1. The third-order valence-corrected chi connectivity index (χ3v) is 5.92. The molecule has 0 radical (unpaired) electrons. The van der Waals surface area contributed by atoms with Crippen LogP contribution >= 0.6 is 11.3 Å². The molecule has 0 spiro atoms. The van der Waals surface area contributed by atoms with Crippen molar-refractivity contribution in [2.24, 2.45) is 4.99 Å². The Bertz CT molecular complexity index is 1320. The van der Waals surface area contributed by atoms with E-state index >= 15 is 0 Å². The molecule has 1 aromatic heterocycles. The molecule has 2 heterocycles.